The van der Waals surface area contributed by atoms with Gasteiger partial charge in [-0.2, -0.15) is 9.97 Å². The molecule has 0 fully saturated rings. The van der Waals surface area contributed by atoms with Crippen molar-refractivity contribution in [3.63, 3.8) is 0 Å². The Morgan fingerprint density at radius 2 is 1.65 bits per heavy atom. The smallest absolute Gasteiger partial charge is 0.335 e. The Balaban J connectivity index is 1.86. The fourth-order valence-corrected chi connectivity index (χ4v) is 3.67. The number of ether oxygens (including phenoxy) is 2. The molecule has 162 valence electrons. The SMILES string of the molecule is COc1cc(OC)nc(NC(=O)NS(=O)(=O)c2ccccc2-c2ccc(C(C)=O)o2)n1. The van der Waals surface area contributed by atoms with Crippen molar-refractivity contribution in [3.8, 4) is 23.1 Å². The van der Waals surface area contributed by atoms with Crippen molar-refractivity contribution in [2.45, 2.75) is 11.8 Å². The van der Waals surface area contributed by atoms with Crippen molar-refractivity contribution < 1.29 is 31.9 Å². The van der Waals surface area contributed by atoms with Crippen LogP contribution in [0.15, 0.2) is 51.8 Å². The van der Waals surface area contributed by atoms with E-state index in [1.165, 1.54) is 57.5 Å². The number of carbonyl (C=O) groups excluding carboxylic acids is 2. The molecule has 0 radical (unpaired) electrons. The summed E-state index contributed by atoms with van der Waals surface area (Å²) in [5, 5.41) is 2.22. The van der Waals surface area contributed by atoms with Crippen molar-refractivity contribution in [2.24, 2.45) is 0 Å². The lowest BCUT2D eigenvalue weighted by Crippen LogP contribution is -2.35. The Morgan fingerprint density at radius 1 is 1.00 bits per heavy atom. The maximum absolute atomic E-state index is 12.8. The number of hydrogen-bond donors (Lipinski definition) is 2. The van der Waals surface area contributed by atoms with Crippen LogP contribution in [0, 0.1) is 0 Å². The monoisotopic (exact) mass is 446 g/mol. The van der Waals surface area contributed by atoms with E-state index in [0.717, 1.165) is 0 Å². The van der Waals surface area contributed by atoms with E-state index >= 15 is 0 Å². The second-order valence-corrected chi connectivity index (χ2v) is 7.70. The number of furan rings is 1. The Kier molecular flexibility index (Phi) is 6.20. The van der Waals surface area contributed by atoms with E-state index < -0.39 is 16.1 Å². The van der Waals surface area contributed by atoms with Gasteiger partial charge in [-0.15, -0.1) is 0 Å². The molecule has 0 saturated heterocycles. The number of nitrogens with one attached hydrogen (secondary N) is 2. The molecule has 0 saturated carbocycles. The Hall–Kier alpha value is -3.93. The Labute approximate surface area is 177 Å². The molecule has 1 aromatic carbocycles. The molecule has 2 N–H and O–H groups in total. The first-order valence-corrected chi connectivity index (χ1v) is 10.2. The molecule has 0 unspecified atom stereocenters. The van der Waals surface area contributed by atoms with E-state index in [0.29, 0.717) is 0 Å². The topological polar surface area (TPSA) is 150 Å². The molecule has 31 heavy (non-hydrogen) atoms. The van der Waals surface area contributed by atoms with E-state index in [2.05, 4.69) is 15.3 Å². The van der Waals surface area contributed by atoms with Gasteiger partial charge < -0.3 is 13.9 Å². The highest BCUT2D eigenvalue weighted by Crippen LogP contribution is 2.29. The number of Topliss-reactive ketones (excluding diaryl/α,β-unsaturated/α-hetero) is 1. The minimum Gasteiger partial charge on any atom is -0.481 e. The third-order valence-electron chi connectivity index (χ3n) is 3.94. The number of hydrogen-bond acceptors (Lipinski definition) is 9. The second-order valence-electron chi connectivity index (χ2n) is 6.05. The third-order valence-corrected chi connectivity index (χ3v) is 5.33. The predicted molar refractivity (Wildman–Crippen MR) is 109 cm³/mol. The van der Waals surface area contributed by atoms with Gasteiger partial charge in [-0.3, -0.25) is 10.1 Å². The molecule has 2 amide bonds. The number of carbonyl (C=O) groups is 2. The van der Waals surface area contributed by atoms with E-state index in [-0.39, 0.29) is 45.5 Å². The average molecular weight is 446 g/mol. The second kappa shape index (κ2) is 8.83. The number of benzene rings is 1. The maximum Gasteiger partial charge on any atom is 0.335 e. The molecular formula is C19H18N4O7S. The molecule has 0 spiro atoms. The summed E-state index contributed by atoms with van der Waals surface area (Å²) < 4.78 is 43.0. The normalized spacial score (nSPS) is 10.9. The van der Waals surface area contributed by atoms with Crippen molar-refractivity contribution >= 4 is 27.8 Å². The minimum atomic E-state index is -4.33. The molecule has 0 atom stereocenters. The molecule has 2 heterocycles. The molecule has 3 rings (SSSR count). The Morgan fingerprint density at radius 3 is 2.23 bits per heavy atom. The van der Waals surface area contributed by atoms with Crippen LogP contribution in [0.1, 0.15) is 17.5 Å². The summed E-state index contributed by atoms with van der Waals surface area (Å²) in [5.74, 6) is -0.0829. The fraction of sp³-hybridized carbons (Fsp3) is 0.158. The highest BCUT2D eigenvalue weighted by molar-refractivity contribution is 7.90. The summed E-state index contributed by atoms with van der Waals surface area (Å²) in [6, 6.07) is 9.07. The van der Waals surface area contributed by atoms with Gasteiger partial charge in [-0.25, -0.2) is 17.9 Å². The lowest BCUT2D eigenvalue weighted by atomic mass is 10.2. The number of aromatic nitrogens is 2. The molecule has 0 aliphatic heterocycles. The molecule has 12 heteroatoms. The number of urea groups is 1. The van der Waals surface area contributed by atoms with Crippen molar-refractivity contribution in [1.29, 1.82) is 0 Å². The number of ketones is 1. The third kappa shape index (κ3) is 4.98. The van der Waals surface area contributed by atoms with Gasteiger partial charge in [0.25, 0.3) is 10.0 Å². The molecule has 0 aliphatic rings. The highest BCUT2D eigenvalue weighted by Gasteiger charge is 2.24. The predicted octanol–water partition coefficient (Wildman–Crippen LogP) is 2.47. The van der Waals surface area contributed by atoms with Gasteiger partial charge in [-0.1, -0.05) is 12.1 Å². The van der Waals surface area contributed by atoms with Crippen LogP contribution in [0.25, 0.3) is 11.3 Å². The van der Waals surface area contributed by atoms with Gasteiger partial charge in [0.1, 0.15) is 5.76 Å². The zero-order chi connectivity index (χ0) is 22.6. The average Bonchev–Trinajstić information content (AvgIpc) is 3.23. The van der Waals surface area contributed by atoms with Crippen LogP contribution in [0.4, 0.5) is 10.7 Å². The van der Waals surface area contributed by atoms with Crippen LogP contribution in [-0.4, -0.2) is 44.4 Å². The highest BCUT2D eigenvalue weighted by atomic mass is 32.2. The van der Waals surface area contributed by atoms with Gasteiger partial charge in [0, 0.05) is 12.5 Å². The van der Waals surface area contributed by atoms with Crippen molar-refractivity contribution in [2.75, 3.05) is 19.5 Å². The molecule has 3 aromatic rings. The summed E-state index contributed by atoms with van der Waals surface area (Å²) >= 11 is 0. The standard InChI is InChI=1S/C19H18N4O7S/c1-11(24)13-8-9-14(30-13)12-6-4-5-7-15(12)31(26,27)23-19(25)22-18-20-16(28-2)10-17(21-18)29-3/h4-10H,1-3H3,(H2,20,21,22,23,25). The van der Waals surface area contributed by atoms with E-state index in [1.807, 2.05) is 4.72 Å². The number of anilines is 1. The first-order valence-electron chi connectivity index (χ1n) is 8.74. The van der Waals surface area contributed by atoms with Crippen LogP contribution < -0.4 is 19.5 Å². The molecule has 0 aliphatic carbocycles. The lowest BCUT2D eigenvalue weighted by Gasteiger charge is -2.11. The first-order chi connectivity index (χ1) is 14.7. The van der Waals surface area contributed by atoms with E-state index in [1.54, 1.807) is 6.07 Å². The van der Waals surface area contributed by atoms with Crippen LogP contribution >= 0.6 is 0 Å². The zero-order valence-corrected chi connectivity index (χ0v) is 17.5. The molecule has 2 aromatic heterocycles. The van der Waals surface area contributed by atoms with E-state index in [4.69, 9.17) is 13.9 Å². The minimum absolute atomic E-state index is 0.0806. The van der Waals surface area contributed by atoms with Gasteiger partial charge >= 0.3 is 6.03 Å². The lowest BCUT2D eigenvalue weighted by molar-refractivity contribution is 0.0988. The first kappa shape index (κ1) is 21.8. The summed E-state index contributed by atoms with van der Waals surface area (Å²) in [5.41, 5.74) is 0.176. The largest absolute Gasteiger partial charge is 0.481 e. The van der Waals surface area contributed by atoms with Crippen molar-refractivity contribution in [1.82, 2.24) is 14.7 Å². The Bertz CT molecular complexity index is 1220. The summed E-state index contributed by atoms with van der Waals surface area (Å²) in [6.07, 6.45) is 0. The fourth-order valence-electron chi connectivity index (χ4n) is 2.55. The van der Waals surface area contributed by atoms with Crippen LogP contribution in [0.2, 0.25) is 0 Å². The van der Waals surface area contributed by atoms with Crippen molar-refractivity contribution in [3.05, 3.63) is 48.2 Å². The number of nitrogens with zero attached hydrogens (tertiary/aromatic N) is 2. The van der Waals surface area contributed by atoms with Gasteiger partial charge in [-0.05, 0) is 24.3 Å². The van der Waals surface area contributed by atoms with Crippen LogP contribution in [0.5, 0.6) is 11.8 Å². The number of rotatable bonds is 7. The number of sulfonamides is 1. The maximum atomic E-state index is 12.8. The van der Waals surface area contributed by atoms with Gasteiger partial charge in [0.2, 0.25) is 17.7 Å². The number of methoxy groups -OCH3 is 2. The summed E-state index contributed by atoms with van der Waals surface area (Å²) in [4.78, 5) is 31.4. The van der Waals surface area contributed by atoms with Crippen LogP contribution in [-0.2, 0) is 10.0 Å². The zero-order valence-electron chi connectivity index (χ0n) is 16.7. The molecule has 11 nitrogen and oxygen atoms in total. The molecule has 0 bridgehead atoms. The summed E-state index contributed by atoms with van der Waals surface area (Å²) in [7, 11) is -1.61. The molecular weight excluding hydrogens is 428 g/mol. The summed E-state index contributed by atoms with van der Waals surface area (Å²) in [6.45, 7) is 1.33. The number of amides is 2. The van der Waals surface area contributed by atoms with Gasteiger partial charge in [0.05, 0.1) is 25.2 Å². The van der Waals surface area contributed by atoms with Crippen LogP contribution in [0.3, 0.4) is 0 Å². The van der Waals surface area contributed by atoms with Gasteiger partial charge in [0.15, 0.2) is 11.5 Å². The van der Waals surface area contributed by atoms with E-state index in [9.17, 15) is 18.0 Å². The quantitative estimate of drug-likeness (QED) is 0.522.